The Hall–Kier alpha value is -1.74. The molecule has 0 saturated carbocycles. The third-order valence-electron chi connectivity index (χ3n) is 5.02. The summed E-state index contributed by atoms with van der Waals surface area (Å²) in [7, 11) is 0. The van der Waals surface area contributed by atoms with Gasteiger partial charge in [0.05, 0.1) is 17.3 Å². The molecule has 8 nitrogen and oxygen atoms in total. The zero-order valence-electron chi connectivity index (χ0n) is 14.4. The third kappa shape index (κ3) is 2.99. The first-order valence-electron chi connectivity index (χ1n) is 8.11. The molecule has 3 N–H and O–H groups in total. The van der Waals surface area contributed by atoms with Crippen molar-refractivity contribution < 1.29 is 39.1 Å². The summed E-state index contributed by atoms with van der Waals surface area (Å²) in [5.74, 6) is -3.03. The Balaban J connectivity index is 2.09. The van der Waals surface area contributed by atoms with Gasteiger partial charge in [-0.1, -0.05) is 0 Å². The van der Waals surface area contributed by atoms with Gasteiger partial charge in [0.25, 0.3) is 0 Å². The van der Waals surface area contributed by atoms with Gasteiger partial charge in [-0.15, -0.1) is 0 Å². The Labute approximate surface area is 144 Å². The molecule has 0 unspecified atom stereocenters. The van der Waals surface area contributed by atoms with Crippen molar-refractivity contribution in [2.45, 2.75) is 63.1 Å². The number of aliphatic hydroxyl groups excluding tert-OH is 1. The number of rotatable bonds is 2. The van der Waals surface area contributed by atoms with Crippen LogP contribution in [-0.2, 0) is 23.8 Å². The number of carbonyl (C=O) groups excluding carboxylic acids is 2. The molecule has 4 atom stereocenters. The molecule has 2 bridgehead atoms. The van der Waals surface area contributed by atoms with E-state index >= 15 is 0 Å². The summed E-state index contributed by atoms with van der Waals surface area (Å²) in [6.07, 6.45) is 0.480. The van der Waals surface area contributed by atoms with E-state index in [-0.39, 0.29) is 36.4 Å². The smallest absolute Gasteiger partial charge is 0.343 e. The first kappa shape index (κ1) is 18.1. The van der Waals surface area contributed by atoms with Gasteiger partial charge < -0.3 is 29.5 Å². The Morgan fingerprint density at radius 1 is 1.36 bits per heavy atom. The van der Waals surface area contributed by atoms with Gasteiger partial charge in [-0.05, 0) is 26.3 Å². The van der Waals surface area contributed by atoms with Crippen molar-refractivity contribution in [3.8, 4) is 0 Å². The van der Waals surface area contributed by atoms with Crippen LogP contribution in [0, 0.1) is 0 Å². The second-order valence-electron chi connectivity index (χ2n) is 7.26. The highest BCUT2D eigenvalue weighted by molar-refractivity contribution is 5.95. The second-order valence-corrected chi connectivity index (χ2v) is 7.26. The van der Waals surface area contributed by atoms with Crippen molar-refractivity contribution >= 4 is 11.9 Å². The summed E-state index contributed by atoms with van der Waals surface area (Å²) < 4.78 is 15.8. The molecule has 3 aliphatic heterocycles. The van der Waals surface area contributed by atoms with Gasteiger partial charge in [0.1, 0.15) is 18.0 Å². The molecule has 0 amide bonds. The van der Waals surface area contributed by atoms with E-state index in [0.717, 1.165) is 0 Å². The molecule has 0 aromatic rings. The Bertz CT molecular complexity index is 691. The van der Waals surface area contributed by atoms with Crippen LogP contribution in [0.5, 0.6) is 0 Å². The summed E-state index contributed by atoms with van der Waals surface area (Å²) in [5.41, 5.74) is -2.59. The summed E-state index contributed by atoms with van der Waals surface area (Å²) in [6, 6.07) is 0. The molecule has 1 saturated heterocycles. The minimum absolute atomic E-state index is 0.0121. The van der Waals surface area contributed by atoms with Crippen molar-refractivity contribution in [1.82, 2.24) is 0 Å². The lowest BCUT2D eigenvalue weighted by Gasteiger charge is -2.39. The Kier molecular flexibility index (Phi) is 4.07. The average molecular weight is 354 g/mol. The average Bonchev–Trinajstić information content (AvgIpc) is 2.94. The largest absolute Gasteiger partial charge is 0.461 e. The van der Waals surface area contributed by atoms with Gasteiger partial charge in [0.15, 0.2) is 5.79 Å². The fraction of sp³-hybridized carbons (Fsp3) is 0.647. The number of fused-ring (bicyclic) bond motifs is 3. The normalized spacial score (nSPS) is 42.7. The quantitative estimate of drug-likeness (QED) is 0.595. The van der Waals surface area contributed by atoms with Gasteiger partial charge in [-0.25, -0.2) is 4.79 Å². The lowest BCUT2D eigenvalue weighted by Crippen LogP contribution is -2.54. The standard InChI is InChI=1S/C17H22O8/c1-9(18)23-8-10-13-11(19)6-16(3,21)17(22)5-4-15(2,25-17)7-12(13)24-14(10)20/h7,11,19,21-22H,4-6,8H2,1-3H3/b12-7+/t11-,15+,16-,17-/m0/s1. The van der Waals surface area contributed by atoms with E-state index in [4.69, 9.17) is 14.2 Å². The number of carbonyl (C=O) groups is 2. The maximum absolute atomic E-state index is 12.2. The molecule has 25 heavy (non-hydrogen) atoms. The molecule has 0 aliphatic carbocycles. The zero-order valence-corrected chi connectivity index (χ0v) is 14.4. The van der Waals surface area contributed by atoms with Crippen LogP contribution in [0.15, 0.2) is 23.0 Å². The van der Waals surface area contributed by atoms with Crippen molar-refractivity contribution in [1.29, 1.82) is 0 Å². The number of hydrogen-bond donors (Lipinski definition) is 3. The van der Waals surface area contributed by atoms with E-state index in [2.05, 4.69) is 0 Å². The predicted molar refractivity (Wildman–Crippen MR) is 82.8 cm³/mol. The van der Waals surface area contributed by atoms with E-state index < -0.39 is 35.0 Å². The molecule has 138 valence electrons. The number of hydrogen-bond acceptors (Lipinski definition) is 8. The molecule has 3 aliphatic rings. The topological polar surface area (TPSA) is 123 Å². The fourth-order valence-corrected chi connectivity index (χ4v) is 3.56. The highest BCUT2D eigenvalue weighted by Crippen LogP contribution is 2.48. The lowest BCUT2D eigenvalue weighted by molar-refractivity contribution is -0.297. The summed E-state index contributed by atoms with van der Waals surface area (Å²) >= 11 is 0. The highest BCUT2D eigenvalue weighted by atomic mass is 16.7. The lowest BCUT2D eigenvalue weighted by atomic mass is 9.82. The zero-order chi connectivity index (χ0) is 18.6. The van der Waals surface area contributed by atoms with Gasteiger partial charge in [0.2, 0.25) is 0 Å². The van der Waals surface area contributed by atoms with Crippen molar-refractivity contribution in [2.24, 2.45) is 0 Å². The highest BCUT2D eigenvalue weighted by Gasteiger charge is 2.58. The first-order chi connectivity index (χ1) is 11.5. The molecule has 0 radical (unpaired) electrons. The molecule has 1 fully saturated rings. The van der Waals surface area contributed by atoms with E-state index in [9.17, 15) is 24.9 Å². The van der Waals surface area contributed by atoms with Crippen LogP contribution < -0.4 is 0 Å². The van der Waals surface area contributed by atoms with Crippen molar-refractivity contribution in [3.05, 3.63) is 23.0 Å². The van der Waals surface area contributed by atoms with E-state index in [0.29, 0.717) is 6.42 Å². The molecule has 0 aromatic carbocycles. The van der Waals surface area contributed by atoms with Crippen molar-refractivity contribution in [2.75, 3.05) is 6.61 Å². The van der Waals surface area contributed by atoms with Crippen LogP contribution in [0.1, 0.15) is 40.0 Å². The van der Waals surface area contributed by atoms with Crippen LogP contribution in [0.4, 0.5) is 0 Å². The monoisotopic (exact) mass is 354 g/mol. The first-order valence-corrected chi connectivity index (χ1v) is 8.11. The summed E-state index contributed by atoms with van der Waals surface area (Å²) in [5, 5.41) is 32.1. The molecule has 3 heterocycles. The molecule has 3 rings (SSSR count). The molecule has 0 spiro atoms. The number of aliphatic hydroxyl groups is 3. The van der Waals surface area contributed by atoms with Gasteiger partial charge in [-0.2, -0.15) is 0 Å². The molecule has 8 heteroatoms. The van der Waals surface area contributed by atoms with E-state index in [1.807, 2.05) is 0 Å². The van der Waals surface area contributed by atoms with E-state index in [1.165, 1.54) is 19.9 Å². The minimum Gasteiger partial charge on any atom is -0.461 e. The SMILES string of the molecule is CC(=O)OCC1=C2/C(=C\[C@@]3(C)CC[C@](O)(O3)[C@@](C)(O)C[C@@H]2O)OC1=O. The van der Waals surface area contributed by atoms with Crippen LogP contribution in [0.3, 0.4) is 0 Å². The predicted octanol–water partition coefficient (Wildman–Crippen LogP) is 0.0601. The number of ether oxygens (including phenoxy) is 3. The van der Waals surface area contributed by atoms with E-state index in [1.54, 1.807) is 6.92 Å². The maximum Gasteiger partial charge on any atom is 0.343 e. The summed E-state index contributed by atoms with van der Waals surface area (Å²) in [4.78, 5) is 23.2. The fourth-order valence-electron chi connectivity index (χ4n) is 3.56. The van der Waals surface area contributed by atoms with Crippen LogP contribution >= 0.6 is 0 Å². The molecular weight excluding hydrogens is 332 g/mol. The van der Waals surface area contributed by atoms with Crippen LogP contribution in [0.2, 0.25) is 0 Å². The molecule has 0 aromatic heterocycles. The maximum atomic E-state index is 12.2. The van der Waals surface area contributed by atoms with Crippen LogP contribution in [0.25, 0.3) is 0 Å². The second kappa shape index (κ2) is 5.63. The van der Waals surface area contributed by atoms with Gasteiger partial charge in [-0.3, -0.25) is 4.79 Å². The minimum atomic E-state index is -1.83. The van der Waals surface area contributed by atoms with Crippen molar-refractivity contribution in [3.63, 3.8) is 0 Å². The Morgan fingerprint density at radius 3 is 2.68 bits per heavy atom. The number of esters is 2. The Morgan fingerprint density at radius 2 is 2.04 bits per heavy atom. The van der Waals surface area contributed by atoms with Crippen LogP contribution in [-0.4, -0.2) is 57.0 Å². The van der Waals surface area contributed by atoms with Gasteiger partial charge >= 0.3 is 11.9 Å². The van der Waals surface area contributed by atoms with Gasteiger partial charge in [0, 0.05) is 25.3 Å². The third-order valence-corrected chi connectivity index (χ3v) is 5.02. The summed E-state index contributed by atoms with van der Waals surface area (Å²) in [6.45, 7) is 3.93. The molecular formula is C17H22O8.